The molecule has 0 heterocycles. The first-order valence-electron chi connectivity index (χ1n) is 19.1. The quantitative estimate of drug-likeness (QED) is 0.0516. The van der Waals surface area contributed by atoms with Crippen LogP contribution >= 0.6 is 0 Å². The lowest BCUT2D eigenvalue weighted by Gasteiger charge is -2.24. The zero-order valence-corrected chi connectivity index (χ0v) is 30.4. The van der Waals surface area contributed by atoms with Gasteiger partial charge >= 0.3 is 11.9 Å². The van der Waals surface area contributed by atoms with E-state index in [4.69, 9.17) is 9.47 Å². The van der Waals surface area contributed by atoms with Crippen molar-refractivity contribution in [2.75, 3.05) is 46.9 Å². The number of ether oxygens (including phenoxy) is 2. The highest BCUT2D eigenvalue weighted by Gasteiger charge is 2.15. The minimum absolute atomic E-state index is 0.0413. The first-order chi connectivity index (χ1) is 21.9. The Bertz CT molecular complexity index is 639. The summed E-state index contributed by atoms with van der Waals surface area (Å²) >= 11 is 0. The van der Waals surface area contributed by atoms with E-state index in [1.165, 1.54) is 116 Å². The van der Waals surface area contributed by atoms with E-state index in [0.717, 1.165) is 25.7 Å². The van der Waals surface area contributed by atoms with Crippen molar-refractivity contribution in [1.82, 2.24) is 9.80 Å². The fourth-order valence-electron chi connectivity index (χ4n) is 5.63. The number of amides is 1. The Morgan fingerprint density at radius 1 is 0.444 bits per heavy atom. The van der Waals surface area contributed by atoms with Crippen LogP contribution in [0.25, 0.3) is 0 Å². The molecule has 0 aromatic rings. The first-order valence-corrected chi connectivity index (χ1v) is 19.1. The first kappa shape index (κ1) is 43.4. The highest BCUT2D eigenvalue weighted by Crippen LogP contribution is 2.13. The molecule has 0 N–H and O–H groups in total. The normalized spacial score (nSPS) is 11.2. The van der Waals surface area contributed by atoms with Crippen LogP contribution in [0.3, 0.4) is 0 Å². The second-order valence-corrected chi connectivity index (χ2v) is 13.3. The van der Waals surface area contributed by atoms with Crippen molar-refractivity contribution in [3.8, 4) is 0 Å². The highest BCUT2D eigenvalue weighted by atomic mass is 16.5. The molecule has 0 bridgehead atoms. The van der Waals surface area contributed by atoms with Gasteiger partial charge in [0, 0.05) is 25.9 Å². The largest absolute Gasteiger partial charge is 0.466 e. The molecule has 0 rings (SSSR count). The number of esters is 2. The summed E-state index contributed by atoms with van der Waals surface area (Å²) in [6.07, 6.45) is 29.9. The molecule has 0 aliphatic heterocycles. The molecule has 0 saturated heterocycles. The Labute approximate surface area is 278 Å². The second kappa shape index (κ2) is 33.7. The van der Waals surface area contributed by atoms with Crippen molar-refractivity contribution < 1.29 is 23.9 Å². The van der Waals surface area contributed by atoms with Gasteiger partial charge in [-0.2, -0.15) is 0 Å². The van der Waals surface area contributed by atoms with Crippen molar-refractivity contribution >= 4 is 17.8 Å². The Kier molecular flexibility index (Phi) is 32.5. The molecule has 0 spiro atoms. The average molecular weight is 639 g/mol. The van der Waals surface area contributed by atoms with Crippen LogP contribution in [0.1, 0.15) is 181 Å². The molecule has 1 amide bonds. The van der Waals surface area contributed by atoms with Crippen LogP contribution in [0.2, 0.25) is 0 Å². The summed E-state index contributed by atoms with van der Waals surface area (Å²) in [6, 6.07) is 0. The molecule has 0 atom stereocenters. The van der Waals surface area contributed by atoms with Crippen LogP contribution in [0.5, 0.6) is 0 Å². The molecule has 0 aliphatic carbocycles. The third-order valence-electron chi connectivity index (χ3n) is 8.44. The van der Waals surface area contributed by atoms with E-state index in [2.05, 4.69) is 13.8 Å². The standard InChI is InChI=1S/C38H74N2O5/c1-5-7-9-11-13-15-17-19-21-23-25-29-37(42)44-33-27-31-40(36(41)35-39(3)4)32-28-34-45-38(43)30-26-24-22-20-18-16-14-12-10-8-6-2/h5-35H2,1-4H3. The molecule has 7 nitrogen and oxygen atoms in total. The van der Waals surface area contributed by atoms with Crippen molar-refractivity contribution in [2.24, 2.45) is 0 Å². The van der Waals surface area contributed by atoms with Crippen molar-refractivity contribution in [2.45, 2.75) is 181 Å². The number of carbonyl (C=O) groups excluding carboxylic acids is 3. The molecule has 0 aromatic heterocycles. The van der Waals surface area contributed by atoms with E-state index < -0.39 is 0 Å². The number of rotatable bonds is 34. The minimum Gasteiger partial charge on any atom is -0.466 e. The number of hydrogen-bond acceptors (Lipinski definition) is 6. The van der Waals surface area contributed by atoms with Gasteiger partial charge in [-0.3, -0.25) is 14.4 Å². The van der Waals surface area contributed by atoms with Gasteiger partial charge in [0.2, 0.25) is 5.91 Å². The second-order valence-electron chi connectivity index (χ2n) is 13.3. The molecular weight excluding hydrogens is 564 g/mol. The number of likely N-dealkylation sites (N-methyl/N-ethyl adjacent to an activating group) is 1. The van der Waals surface area contributed by atoms with Crippen LogP contribution in [-0.4, -0.2) is 74.6 Å². The van der Waals surface area contributed by atoms with Gasteiger partial charge in [-0.15, -0.1) is 0 Å². The van der Waals surface area contributed by atoms with Crippen LogP contribution in [0.15, 0.2) is 0 Å². The third-order valence-corrected chi connectivity index (χ3v) is 8.44. The topological polar surface area (TPSA) is 76.1 Å². The van der Waals surface area contributed by atoms with Crippen LogP contribution in [0.4, 0.5) is 0 Å². The molecule has 0 unspecified atom stereocenters. The monoisotopic (exact) mass is 639 g/mol. The zero-order valence-electron chi connectivity index (χ0n) is 30.4. The lowest BCUT2D eigenvalue weighted by Crippen LogP contribution is -2.39. The number of nitrogens with zero attached hydrogens (tertiary/aromatic N) is 2. The molecule has 0 saturated carbocycles. The van der Waals surface area contributed by atoms with Crippen molar-refractivity contribution in [1.29, 1.82) is 0 Å². The molecule has 0 aromatic carbocycles. The van der Waals surface area contributed by atoms with Crippen molar-refractivity contribution in [3.05, 3.63) is 0 Å². The van der Waals surface area contributed by atoms with E-state index >= 15 is 0 Å². The predicted molar refractivity (Wildman–Crippen MR) is 188 cm³/mol. The highest BCUT2D eigenvalue weighted by molar-refractivity contribution is 5.78. The van der Waals surface area contributed by atoms with Crippen LogP contribution in [0, 0.1) is 0 Å². The number of carbonyl (C=O) groups is 3. The van der Waals surface area contributed by atoms with Gasteiger partial charge in [0.05, 0.1) is 19.8 Å². The molecule has 266 valence electrons. The summed E-state index contributed by atoms with van der Waals surface area (Å²) in [4.78, 5) is 40.7. The maximum atomic E-state index is 12.7. The summed E-state index contributed by atoms with van der Waals surface area (Å²) < 4.78 is 10.9. The SMILES string of the molecule is CCCCCCCCCCCCCC(=O)OCCCN(CCCOC(=O)CCCCCCCCCCCCC)C(=O)CN(C)C. The lowest BCUT2D eigenvalue weighted by molar-refractivity contribution is -0.144. The molecule has 0 aliphatic rings. The zero-order chi connectivity index (χ0) is 33.2. The van der Waals surface area contributed by atoms with Gasteiger partial charge in [0.25, 0.3) is 0 Å². The fraction of sp³-hybridized carbons (Fsp3) is 0.921. The van der Waals surface area contributed by atoms with Crippen molar-refractivity contribution in [3.63, 3.8) is 0 Å². The molecule has 45 heavy (non-hydrogen) atoms. The summed E-state index contributed by atoms with van der Waals surface area (Å²) in [6.45, 7) is 6.56. The van der Waals surface area contributed by atoms with E-state index in [-0.39, 0.29) is 17.8 Å². The summed E-state index contributed by atoms with van der Waals surface area (Å²) in [5.41, 5.74) is 0. The van der Waals surface area contributed by atoms with E-state index in [1.807, 2.05) is 19.0 Å². The molecular formula is C38H74N2O5. The van der Waals surface area contributed by atoms with Crippen LogP contribution < -0.4 is 0 Å². The van der Waals surface area contributed by atoms with Gasteiger partial charge in [-0.1, -0.05) is 142 Å². The summed E-state index contributed by atoms with van der Waals surface area (Å²) in [5.74, 6) is -0.233. The van der Waals surface area contributed by atoms with Gasteiger partial charge in [-0.05, 0) is 39.8 Å². The molecule has 7 heteroatoms. The Morgan fingerprint density at radius 3 is 1.07 bits per heavy atom. The maximum absolute atomic E-state index is 12.7. The van der Waals surface area contributed by atoms with E-state index in [1.54, 1.807) is 4.90 Å². The summed E-state index contributed by atoms with van der Waals surface area (Å²) in [5, 5.41) is 0. The third kappa shape index (κ3) is 32.1. The Hall–Kier alpha value is -1.63. The smallest absolute Gasteiger partial charge is 0.305 e. The number of hydrogen-bond donors (Lipinski definition) is 0. The minimum atomic E-state index is -0.137. The Morgan fingerprint density at radius 2 is 0.756 bits per heavy atom. The van der Waals surface area contributed by atoms with E-state index in [9.17, 15) is 14.4 Å². The molecule has 0 fully saturated rings. The molecule has 0 radical (unpaired) electrons. The van der Waals surface area contributed by atoms with Gasteiger partial charge < -0.3 is 19.3 Å². The number of unbranched alkanes of at least 4 members (excludes halogenated alkanes) is 20. The predicted octanol–water partition coefficient (Wildman–Crippen LogP) is 9.65. The fourth-order valence-corrected chi connectivity index (χ4v) is 5.63. The summed E-state index contributed by atoms with van der Waals surface area (Å²) in [7, 11) is 3.76. The van der Waals surface area contributed by atoms with Crippen LogP contribution in [-0.2, 0) is 23.9 Å². The maximum Gasteiger partial charge on any atom is 0.305 e. The average Bonchev–Trinajstić information content (AvgIpc) is 3.01. The van der Waals surface area contributed by atoms with Gasteiger partial charge in [0.15, 0.2) is 0 Å². The lowest BCUT2D eigenvalue weighted by atomic mass is 10.1. The van der Waals surface area contributed by atoms with Gasteiger partial charge in [-0.25, -0.2) is 0 Å². The van der Waals surface area contributed by atoms with E-state index in [0.29, 0.717) is 58.5 Å². The Balaban J connectivity index is 3.92. The van der Waals surface area contributed by atoms with Gasteiger partial charge in [0.1, 0.15) is 0 Å².